The van der Waals surface area contributed by atoms with Gasteiger partial charge in [0.1, 0.15) is 0 Å². The first kappa shape index (κ1) is 16.2. The topological polar surface area (TPSA) is 32.3 Å². The van der Waals surface area contributed by atoms with Crippen molar-refractivity contribution in [3.05, 3.63) is 11.6 Å². The van der Waals surface area contributed by atoms with Crippen molar-refractivity contribution in [3.8, 4) is 0 Å². The number of nitrogens with zero attached hydrogens (tertiary/aromatic N) is 1. The summed E-state index contributed by atoms with van der Waals surface area (Å²) < 4.78 is 0. The molecule has 0 aliphatic carbocycles. The molecule has 1 aliphatic rings. The van der Waals surface area contributed by atoms with Crippen LogP contribution < -0.4 is 5.32 Å². The van der Waals surface area contributed by atoms with Crippen molar-refractivity contribution < 1.29 is 4.79 Å². The molecule has 3 heteroatoms. The lowest BCUT2D eigenvalue weighted by atomic mass is 10.1. The van der Waals surface area contributed by atoms with Crippen LogP contribution in [0.4, 0.5) is 0 Å². The Kier molecular flexibility index (Phi) is 7.88. The number of amides is 1. The highest BCUT2D eigenvalue weighted by molar-refractivity contribution is 5.93. The molecule has 1 amide bonds. The summed E-state index contributed by atoms with van der Waals surface area (Å²) in [4.78, 5) is 14.1. The van der Waals surface area contributed by atoms with Gasteiger partial charge in [0.2, 0.25) is 5.91 Å². The van der Waals surface area contributed by atoms with Gasteiger partial charge in [-0.15, -0.1) is 0 Å². The van der Waals surface area contributed by atoms with Crippen LogP contribution in [-0.2, 0) is 4.79 Å². The van der Waals surface area contributed by atoms with E-state index in [2.05, 4.69) is 30.1 Å². The molecule has 17 heavy (non-hydrogen) atoms. The molecule has 3 nitrogen and oxygen atoms in total. The first-order chi connectivity index (χ1) is 8.00. The van der Waals surface area contributed by atoms with E-state index in [0.29, 0.717) is 6.04 Å². The zero-order valence-electron chi connectivity index (χ0n) is 12.2. The fraction of sp³-hybridized carbons (Fsp3) is 0.786. The van der Waals surface area contributed by atoms with Crippen molar-refractivity contribution in [3.63, 3.8) is 0 Å². The minimum atomic E-state index is 0.105. The van der Waals surface area contributed by atoms with Crippen LogP contribution in [0.15, 0.2) is 11.6 Å². The average molecular weight is 240 g/mol. The molecule has 0 fully saturated rings. The van der Waals surface area contributed by atoms with E-state index in [1.165, 1.54) is 0 Å². The lowest BCUT2D eigenvalue weighted by Crippen LogP contribution is -2.38. The van der Waals surface area contributed by atoms with Crippen molar-refractivity contribution in [2.45, 2.75) is 60.0 Å². The fourth-order valence-electron chi connectivity index (χ4n) is 1.71. The quantitative estimate of drug-likeness (QED) is 0.822. The Labute approximate surface area is 106 Å². The minimum Gasteiger partial charge on any atom is -0.350 e. The largest absolute Gasteiger partial charge is 0.350 e. The van der Waals surface area contributed by atoms with Gasteiger partial charge in [0, 0.05) is 30.7 Å². The van der Waals surface area contributed by atoms with E-state index in [-0.39, 0.29) is 11.9 Å². The van der Waals surface area contributed by atoms with E-state index in [9.17, 15) is 4.79 Å². The predicted molar refractivity (Wildman–Crippen MR) is 74.0 cm³/mol. The van der Waals surface area contributed by atoms with E-state index < -0.39 is 0 Å². The molecule has 1 N–H and O–H groups in total. The van der Waals surface area contributed by atoms with E-state index in [1.807, 2.05) is 27.7 Å². The first-order valence-electron chi connectivity index (χ1n) is 6.74. The summed E-state index contributed by atoms with van der Waals surface area (Å²) in [6, 6.07) is 0.789. The number of nitrogens with one attached hydrogen (secondary N) is 1. The molecule has 1 rings (SSSR count). The fourth-order valence-corrected chi connectivity index (χ4v) is 1.71. The van der Waals surface area contributed by atoms with Crippen molar-refractivity contribution in [2.75, 3.05) is 13.1 Å². The maximum absolute atomic E-state index is 11.7. The van der Waals surface area contributed by atoms with E-state index in [1.54, 1.807) is 0 Å². The first-order valence-corrected chi connectivity index (χ1v) is 6.74. The summed E-state index contributed by atoms with van der Waals surface area (Å²) in [5, 5.41) is 2.93. The molecule has 0 aromatic heterocycles. The van der Waals surface area contributed by atoms with E-state index >= 15 is 0 Å². The highest BCUT2D eigenvalue weighted by atomic mass is 16.1. The van der Waals surface area contributed by atoms with Gasteiger partial charge in [0.15, 0.2) is 0 Å². The normalized spacial score (nSPS) is 16.4. The summed E-state index contributed by atoms with van der Waals surface area (Å²) in [6.07, 6.45) is 2.93. The molecule has 0 bridgehead atoms. The van der Waals surface area contributed by atoms with Crippen molar-refractivity contribution in [1.82, 2.24) is 10.2 Å². The van der Waals surface area contributed by atoms with Gasteiger partial charge in [-0.1, -0.05) is 19.9 Å². The summed E-state index contributed by atoms with van der Waals surface area (Å²) in [7, 11) is 0. The van der Waals surface area contributed by atoms with Crippen LogP contribution in [-0.4, -0.2) is 36.0 Å². The molecule has 0 spiro atoms. The zero-order valence-corrected chi connectivity index (χ0v) is 12.2. The lowest BCUT2D eigenvalue weighted by molar-refractivity contribution is -0.118. The third-order valence-corrected chi connectivity index (χ3v) is 2.68. The highest BCUT2D eigenvalue weighted by Crippen LogP contribution is 2.13. The van der Waals surface area contributed by atoms with E-state index in [4.69, 9.17) is 0 Å². The summed E-state index contributed by atoms with van der Waals surface area (Å²) in [5.41, 5.74) is 0.945. The lowest BCUT2D eigenvalue weighted by Gasteiger charge is -2.29. The van der Waals surface area contributed by atoms with Crippen LogP contribution in [0.2, 0.25) is 0 Å². The monoisotopic (exact) mass is 240 g/mol. The number of hydrogen-bond acceptors (Lipinski definition) is 2. The Morgan fingerprint density at radius 3 is 2.24 bits per heavy atom. The molecule has 0 radical (unpaired) electrons. The van der Waals surface area contributed by atoms with Gasteiger partial charge >= 0.3 is 0 Å². The van der Waals surface area contributed by atoms with Gasteiger partial charge in [-0.25, -0.2) is 0 Å². The standard InChI is InChI=1S/C12H22N2O.C2H6/c1-9(2)13-12(15)11-5-7-14(8-6-11)10(3)4;1-2/h5,9-10H,6-8H2,1-4H3,(H,13,15);1-2H3. The van der Waals surface area contributed by atoms with Crippen LogP contribution in [0.25, 0.3) is 0 Å². The van der Waals surface area contributed by atoms with Gasteiger partial charge in [-0.05, 0) is 34.1 Å². The molecule has 0 atom stereocenters. The molecule has 100 valence electrons. The zero-order chi connectivity index (χ0) is 13.4. The van der Waals surface area contributed by atoms with Crippen LogP contribution in [0.1, 0.15) is 48.0 Å². The molecule has 0 saturated heterocycles. The van der Waals surface area contributed by atoms with Crippen LogP contribution in [0, 0.1) is 0 Å². The Balaban J connectivity index is 0.00000121. The highest BCUT2D eigenvalue weighted by Gasteiger charge is 2.18. The number of carbonyl (C=O) groups excluding carboxylic acids is 1. The van der Waals surface area contributed by atoms with Gasteiger partial charge in [0.05, 0.1) is 0 Å². The third-order valence-electron chi connectivity index (χ3n) is 2.68. The molecule has 1 aliphatic heterocycles. The van der Waals surface area contributed by atoms with Crippen LogP contribution in [0.5, 0.6) is 0 Å². The Hall–Kier alpha value is -0.830. The Morgan fingerprint density at radius 2 is 1.88 bits per heavy atom. The summed E-state index contributed by atoms with van der Waals surface area (Å²) >= 11 is 0. The third kappa shape index (κ3) is 5.87. The van der Waals surface area contributed by atoms with Gasteiger partial charge in [-0.2, -0.15) is 0 Å². The number of hydrogen-bond donors (Lipinski definition) is 1. The minimum absolute atomic E-state index is 0.105. The van der Waals surface area contributed by atoms with Crippen molar-refractivity contribution in [1.29, 1.82) is 0 Å². The molecule has 1 heterocycles. The molecule has 0 saturated carbocycles. The predicted octanol–water partition coefficient (Wildman–Crippen LogP) is 2.58. The second kappa shape index (κ2) is 8.29. The Bertz CT molecular complexity index is 257. The second-order valence-corrected chi connectivity index (χ2v) is 4.70. The van der Waals surface area contributed by atoms with Gasteiger partial charge in [0.25, 0.3) is 0 Å². The van der Waals surface area contributed by atoms with Crippen molar-refractivity contribution in [2.24, 2.45) is 0 Å². The number of rotatable bonds is 3. The molecule has 0 aromatic rings. The van der Waals surface area contributed by atoms with Gasteiger partial charge in [-0.3, -0.25) is 9.69 Å². The second-order valence-electron chi connectivity index (χ2n) is 4.70. The smallest absolute Gasteiger partial charge is 0.247 e. The molecule has 0 aromatic carbocycles. The number of carbonyl (C=O) groups is 1. The average Bonchev–Trinajstić information content (AvgIpc) is 2.31. The van der Waals surface area contributed by atoms with Crippen LogP contribution >= 0.6 is 0 Å². The molecular formula is C14H28N2O. The van der Waals surface area contributed by atoms with Gasteiger partial charge < -0.3 is 5.32 Å². The maximum atomic E-state index is 11.7. The summed E-state index contributed by atoms with van der Waals surface area (Å²) in [6.45, 7) is 14.2. The van der Waals surface area contributed by atoms with E-state index in [0.717, 1.165) is 25.1 Å². The summed E-state index contributed by atoms with van der Waals surface area (Å²) in [5.74, 6) is 0.105. The SMILES string of the molecule is CC.CC(C)NC(=O)C1=CCN(C(C)C)CC1. The maximum Gasteiger partial charge on any atom is 0.247 e. The molecule has 0 unspecified atom stereocenters. The molecular weight excluding hydrogens is 212 g/mol. The van der Waals surface area contributed by atoms with Crippen LogP contribution in [0.3, 0.4) is 0 Å². The van der Waals surface area contributed by atoms with Crippen molar-refractivity contribution >= 4 is 5.91 Å². The Morgan fingerprint density at radius 1 is 1.29 bits per heavy atom.